The zero-order valence-corrected chi connectivity index (χ0v) is 14.4. The summed E-state index contributed by atoms with van der Waals surface area (Å²) >= 11 is 0. The van der Waals surface area contributed by atoms with E-state index in [9.17, 15) is 4.79 Å². The molecule has 2 heterocycles. The van der Waals surface area contributed by atoms with Gasteiger partial charge in [-0.15, -0.1) is 0 Å². The topological polar surface area (TPSA) is 93.1 Å². The van der Waals surface area contributed by atoms with Gasteiger partial charge >= 0.3 is 11.9 Å². The minimum Gasteiger partial charge on any atom is -0.289 e. The first-order chi connectivity index (χ1) is 12.8. The van der Waals surface area contributed by atoms with Crippen LogP contribution in [0.3, 0.4) is 0 Å². The van der Waals surface area contributed by atoms with Gasteiger partial charge in [0, 0.05) is 11.1 Å². The van der Waals surface area contributed by atoms with Gasteiger partial charge in [-0.05, 0) is 48.5 Å². The van der Waals surface area contributed by atoms with Crippen molar-refractivity contribution < 1.29 is 14.8 Å². The van der Waals surface area contributed by atoms with Crippen LogP contribution in [-0.2, 0) is 0 Å². The summed E-state index contributed by atoms with van der Waals surface area (Å²) in [5.41, 5.74) is 3.21. The largest absolute Gasteiger partial charge is 0.348 e. The van der Waals surface area contributed by atoms with E-state index in [1.54, 1.807) is 0 Å². The number of benzene rings is 2. The van der Waals surface area contributed by atoms with E-state index in [2.05, 4.69) is 31.3 Å². The van der Waals surface area contributed by atoms with Gasteiger partial charge < -0.3 is 0 Å². The fourth-order valence-electron chi connectivity index (χ4n) is 2.92. The van der Waals surface area contributed by atoms with Crippen LogP contribution in [0, 0.1) is 0 Å². The lowest BCUT2D eigenvalue weighted by Crippen LogP contribution is -2.72. The minimum atomic E-state index is 0.0117. The minimum absolute atomic E-state index is 0.0117. The maximum Gasteiger partial charge on any atom is 0.348 e. The first-order valence-electron chi connectivity index (χ1n) is 8.76. The molecule has 2 aromatic rings. The van der Waals surface area contributed by atoms with E-state index < -0.39 is 0 Å². The Balaban J connectivity index is 1.41. The lowest BCUT2D eigenvalue weighted by molar-refractivity contribution is -0.444. The summed E-state index contributed by atoms with van der Waals surface area (Å²) in [6.45, 7) is 3.65. The second-order valence-corrected chi connectivity index (χ2v) is 6.19. The summed E-state index contributed by atoms with van der Waals surface area (Å²) in [7, 11) is 0. The van der Waals surface area contributed by atoms with Crippen molar-refractivity contribution in [3.8, 4) is 0 Å². The molecule has 0 unspecified atom stereocenters. The molecule has 0 saturated heterocycles. The molecule has 132 valence electrons. The average Bonchev–Trinajstić information content (AvgIpc) is 3.37. The zero-order chi connectivity index (χ0) is 17.8. The van der Waals surface area contributed by atoms with Gasteiger partial charge in [0.15, 0.2) is 5.78 Å². The molecule has 0 atom stereocenters. The molecule has 2 aromatic carbocycles. The average molecular weight is 350 g/mol. The van der Waals surface area contributed by atoms with Crippen LogP contribution in [0.2, 0.25) is 0 Å². The Labute approximate surface area is 151 Å². The van der Waals surface area contributed by atoms with E-state index in [-0.39, 0.29) is 5.78 Å². The highest BCUT2D eigenvalue weighted by molar-refractivity contribution is 6.09. The number of nitrogens with one attached hydrogen (secondary N) is 6. The van der Waals surface area contributed by atoms with E-state index in [1.165, 1.54) is 0 Å². The zero-order valence-electron chi connectivity index (χ0n) is 14.4. The second-order valence-electron chi connectivity index (χ2n) is 6.19. The summed E-state index contributed by atoms with van der Waals surface area (Å²) in [4.78, 5) is 19.1. The molecule has 6 N–H and O–H groups in total. The SMILES string of the molecule is O=C(c1ccc(NC2=[NH+]CCN2)cc1)c1ccc(NC2=[NH+]CCN2)cc1. The van der Waals surface area contributed by atoms with Crippen LogP contribution in [0.1, 0.15) is 15.9 Å². The van der Waals surface area contributed by atoms with Crippen LogP contribution in [-0.4, -0.2) is 43.9 Å². The van der Waals surface area contributed by atoms with E-state index >= 15 is 0 Å². The third kappa shape index (κ3) is 3.66. The van der Waals surface area contributed by atoms with E-state index in [0.717, 1.165) is 49.5 Å². The smallest absolute Gasteiger partial charge is 0.289 e. The van der Waals surface area contributed by atoms with Gasteiger partial charge in [-0.3, -0.25) is 25.4 Å². The van der Waals surface area contributed by atoms with Crippen molar-refractivity contribution in [1.29, 1.82) is 0 Å². The number of carbonyl (C=O) groups excluding carboxylic acids is 1. The lowest BCUT2D eigenvalue weighted by atomic mass is 10.0. The molecule has 0 spiro atoms. The molecule has 0 amide bonds. The number of hydrogen-bond acceptors (Lipinski definition) is 5. The van der Waals surface area contributed by atoms with Crippen LogP contribution in [0.15, 0.2) is 48.5 Å². The molecule has 2 aliphatic heterocycles. The molecular weight excluding hydrogens is 328 g/mol. The van der Waals surface area contributed by atoms with Crippen LogP contribution in [0.4, 0.5) is 11.4 Å². The molecule has 0 radical (unpaired) electrons. The number of carbonyl (C=O) groups is 1. The Hall–Kier alpha value is -3.35. The number of guanidine groups is 2. The van der Waals surface area contributed by atoms with E-state index in [1.807, 2.05) is 48.5 Å². The van der Waals surface area contributed by atoms with Crippen molar-refractivity contribution in [3.05, 3.63) is 59.7 Å². The van der Waals surface area contributed by atoms with Crippen molar-refractivity contribution in [1.82, 2.24) is 10.6 Å². The molecule has 2 aliphatic rings. The molecular formula is C19H22N6O+2. The molecule has 7 nitrogen and oxygen atoms in total. The maximum absolute atomic E-state index is 12.7. The fraction of sp³-hybridized carbons (Fsp3) is 0.211. The quantitative estimate of drug-likeness (QED) is 0.353. The van der Waals surface area contributed by atoms with Gasteiger partial charge in [-0.25, -0.2) is 10.6 Å². The highest BCUT2D eigenvalue weighted by Crippen LogP contribution is 2.16. The third-order valence-electron chi connectivity index (χ3n) is 4.29. The normalized spacial score (nSPS) is 15.5. The number of hydrogen-bond donors (Lipinski definition) is 6. The fourth-order valence-corrected chi connectivity index (χ4v) is 2.92. The van der Waals surface area contributed by atoms with E-state index in [4.69, 9.17) is 0 Å². The molecule has 0 aromatic heterocycles. The Morgan fingerprint density at radius 1 is 0.731 bits per heavy atom. The summed E-state index contributed by atoms with van der Waals surface area (Å²) in [6.07, 6.45) is 0. The number of ketones is 1. The molecule has 4 rings (SSSR count). The van der Waals surface area contributed by atoms with Gasteiger partial charge in [0.2, 0.25) is 0 Å². The van der Waals surface area contributed by atoms with Crippen molar-refractivity contribution in [3.63, 3.8) is 0 Å². The predicted molar refractivity (Wildman–Crippen MR) is 101 cm³/mol. The van der Waals surface area contributed by atoms with Gasteiger partial charge in [-0.2, -0.15) is 0 Å². The van der Waals surface area contributed by atoms with Crippen molar-refractivity contribution in [2.24, 2.45) is 0 Å². The highest BCUT2D eigenvalue weighted by Gasteiger charge is 2.15. The first kappa shape index (κ1) is 16.1. The van der Waals surface area contributed by atoms with Crippen LogP contribution in [0.25, 0.3) is 0 Å². The maximum atomic E-state index is 12.7. The van der Waals surface area contributed by atoms with Gasteiger partial charge in [0.1, 0.15) is 0 Å². The summed E-state index contributed by atoms with van der Waals surface area (Å²) in [5.74, 6) is 1.81. The van der Waals surface area contributed by atoms with Gasteiger partial charge in [-0.1, -0.05) is 0 Å². The van der Waals surface area contributed by atoms with Gasteiger partial charge in [0.25, 0.3) is 0 Å². The molecule has 26 heavy (non-hydrogen) atoms. The van der Waals surface area contributed by atoms with E-state index in [0.29, 0.717) is 11.1 Å². The number of anilines is 2. The summed E-state index contributed by atoms with van der Waals surface area (Å²) < 4.78 is 0. The summed E-state index contributed by atoms with van der Waals surface area (Å²) in [6, 6.07) is 15.0. The van der Waals surface area contributed by atoms with Crippen molar-refractivity contribution >= 4 is 29.1 Å². The van der Waals surface area contributed by atoms with Crippen LogP contribution in [0.5, 0.6) is 0 Å². The van der Waals surface area contributed by atoms with Gasteiger partial charge in [0.05, 0.1) is 37.6 Å². The van der Waals surface area contributed by atoms with Crippen LogP contribution >= 0.6 is 0 Å². The Kier molecular flexibility index (Phi) is 4.51. The lowest BCUT2D eigenvalue weighted by Gasteiger charge is -2.05. The molecule has 0 fully saturated rings. The Bertz CT molecular complexity index is 783. The Morgan fingerprint density at radius 2 is 1.15 bits per heavy atom. The Morgan fingerprint density at radius 3 is 1.50 bits per heavy atom. The monoisotopic (exact) mass is 350 g/mol. The predicted octanol–water partition coefficient (Wildman–Crippen LogP) is -2.18. The number of rotatable bonds is 4. The second kappa shape index (κ2) is 7.26. The molecule has 0 saturated carbocycles. The summed E-state index contributed by atoms with van der Waals surface area (Å²) in [5, 5.41) is 12.9. The standard InChI is InChI=1S/C19H20N6O/c26-17(13-1-5-15(6-2-13)24-18-20-9-10-21-18)14-3-7-16(8-4-14)25-19-22-11-12-23-19/h1-8H,9-12H2,(H2,20,21,24)(H2,22,23,25)/p+2. The third-order valence-corrected chi connectivity index (χ3v) is 4.29. The van der Waals surface area contributed by atoms with Crippen molar-refractivity contribution in [2.45, 2.75) is 0 Å². The molecule has 0 bridgehead atoms. The van der Waals surface area contributed by atoms with Crippen LogP contribution < -0.4 is 31.3 Å². The van der Waals surface area contributed by atoms with Crippen molar-refractivity contribution in [2.75, 3.05) is 36.8 Å². The molecule has 0 aliphatic carbocycles. The molecule has 7 heteroatoms. The highest BCUT2D eigenvalue weighted by atomic mass is 16.1. The first-order valence-corrected chi connectivity index (χ1v) is 8.76.